The number of anilines is 2. The smallest absolute Gasteiger partial charge is 0.187 e. The second-order valence-electron chi connectivity index (χ2n) is 5.20. The number of pyridine rings is 2. The van der Waals surface area contributed by atoms with Gasteiger partial charge in [-0.2, -0.15) is 0 Å². The van der Waals surface area contributed by atoms with E-state index in [2.05, 4.69) is 32.4 Å². The largest absolute Gasteiger partial charge is 0.330 e. The molecule has 1 aromatic carbocycles. The van der Waals surface area contributed by atoms with E-state index in [4.69, 9.17) is 0 Å². The lowest BCUT2D eigenvalue weighted by atomic mass is 10.1. The molecule has 0 unspecified atom stereocenters. The molecule has 0 aliphatic carbocycles. The molecule has 4 aromatic rings. The number of aromatic nitrogens is 3. The van der Waals surface area contributed by atoms with E-state index in [-0.39, 0.29) is 0 Å². The van der Waals surface area contributed by atoms with Gasteiger partial charge in [-0.15, -0.1) is 11.3 Å². The molecule has 3 aromatic heterocycles. The molecule has 116 valence electrons. The van der Waals surface area contributed by atoms with Crippen LogP contribution in [-0.2, 0) is 0 Å². The average Bonchev–Trinajstić information content (AvgIpc) is 3.12. The molecule has 0 aliphatic heterocycles. The maximum absolute atomic E-state index is 4.60. The summed E-state index contributed by atoms with van der Waals surface area (Å²) in [7, 11) is 0. The highest BCUT2D eigenvalue weighted by atomic mass is 32.1. The lowest BCUT2D eigenvalue weighted by Crippen LogP contribution is -1.91. The molecule has 4 nitrogen and oxygen atoms in total. The van der Waals surface area contributed by atoms with Crippen LogP contribution < -0.4 is 5.32 Å². The number of rotatable bonds is 4. The molecule has 3 heterocycles. The Morgan fingerprint density at radius 2 is 1.67 bits per heavy atom. The van der Waals surface area contributed by atoms with Gasteiger partial charge in [0.25, 0.3) is 0 Å². The molecule has 0 fully saturated rings. The van der Waals surface area contributed by atoms with Gasteiger partial charge in [-0.25, -0.2) is 4.98 Å². The van der Waals surface area contributed by atoms with Crippen LogP contribution in [0.5, 0.6) is 0 Å². The van der Waals surface area contributed by atoms with Crippen molar-refractivity contribution < 1.29 is 0 Å². The van der Waals surface area contributed by atoms with Crippen molar-refractivity contribution in [3.05, 3.63) is 78.6 Å². The van der Waals surface area contributed by atoms with E-state index < -0.39 is 0 Å². The van der Waals surface area contributed by atoms with Crippen LogP contribution in [0.25, 0.3) is 22.5 Å². The topological polar surface area (TPSA) is 50.7 Å². The predicted octanol–water partition coefficient (Wildman–Crippen LogP) is 5.01. The molecule has 24 heavy (non-hydrogen) atoms. The lowest BCUT2D eigenvalue weighted by Gasteiger charge is -2.04. The van der Waals surface area contributed by atoms with Crippen LogP contribution in [0.1, 0.15) is 0 Å². The zero-order valence-corrected chi connectivity index (χ0v) is 13.6. The third-order valence-electron chi connectivity index (χ3n) is 3.55. The summed E-state index contributed by atoms with van der Waals surface area (Å²) >= 11 is 1.56. The third kappa shape index (κ3) is 3.16. The van der Waals surface area contributed by atoms with Gasteiger partial charge in [-0.05, 0) is 24.3 Å². The van der Waals surface area contributed by atoms with Crippen LogP contribution in [0, 0.1) is 0 Å². The van der Waals surface area contributed by atoms with Gasteiger partial charge in [0.15, 0.2) is 5.13 Å². The first-order valence-electron chi connectivity index (χ1n) is 7.53. The molecular formula is C19H14N4S. The van der Waals surface area contributed by atoms with Gasteiger partial charge in [0.05, 0.1) is 23.3 Å². The highest BCUT2D eigenvalue weighted by Gasteiger charge is 2.05. The quantitative estimate of drug-likeness (QED) is 0.571. The van der Waals surface area contributed by atoms with Crippen molar-refractivity contribution in [3.8, 4) is 22.5 Å². The van der Waals surface area contributed by atoms with Gasteiger partial charge in [0, 0.05) is 28.9 Å². The van der Waals surface area contributed by atoms with E-state index in [0.717, 1.165) is 33.3 Å². The molecule has 0 radical (unpaired) electrons. The minimum Gasteiger partial charge on any atom is -0.330 e. The average molecular weight is 330 g/mol. The monoisotopic (exact) mass is 330 g/mol. The molecule has 0 saturated heterocycles. The van der Waals surface area contributed by atoms with E-state index >= 15 is 0 Å². The van der Waals surface area contributed by atoms with Crippen molar-refractivity contribution in [2.45, 2.75) is 0 Å². The summed E-state index contributed by atoms with van der Waals surface area (Å²) < 4.78 is 0. The molecule has 1 N–H and O–H groups in total. The number of hydrogen-bond acceptors (Lipinski definition) is 5. The predicted molar refractivity (Wildman–Crippen MR) is 98.3 cm³/mol. The second kappa shape index (κ2) is 6.60. The van der Waals surface area contributed by atoms with E-state index in [1.807, 2.05) is 60.2 Å². The Hall–Kier alpha value is -3.05. The molecule has 5 heteroatoms. The normalized spacial score (nSPS) is 10.5. The molecule has 0 amide bonds. The fourth-order valence-electron chi connectivity index (χ4n) is 2.35. The van der Waals surface area contributed by atoms with Crippen LogP contribution in [0.15, 0.2) is 78.6 Å². The van der Waals surface area contributed by atoms with E-state index in [0.29, 0.717) is 0 Å². The molecule has 0 spiro atoms. The Bertz CT molecular complexity index is 919. The fraction of sp³-hybridized carbons (Fsp3) is 0. The van der Waals surface area contributed by atoms with Crippen LogP contribution >= 0.6 is 11.3 Å². The summed E-state index contributed by atoms with van der Waals surface area (Å²) in [5, 5.41) is 6.15. The molecule has 0 atom stereocenters. The zero-order valence-electron chi connectivity index (χ0n) is 12.8. The molecule has 4 rings (SSSR count). The van der Waals surface area contributed by atoms with Gasteiger partial charge < -0.3 is 5.32 Å². The summed E-state index contributed by atoms with van der Waals surface area (Å²) in [6, 6.07) is 18.1. The van der Waals surface area contributed by atoms with Crippen molar-refractivity contribution in [3.63, 3.8) is 0 Å². The van der Waals surface area contributed by atoms with Gasteiger partial charge >= 0.3 is 0 Å². The Morgan fingerprint density at radius 3 is 2.42 bits per heavy atom. The number of nitrogens with one attached hydrogen (secondary N) is 1. The Balaban J connectivity index is 1.51. The number of thiazole rings is 1. The summed E-state index contributed by atoms with van der Waals surface area (Å²) in [5.41, 5.74) is 4.92. The Morgan fingerprint density at radius 1 is 0.792 bits per heavy atom. The number of benzene rings is 1. The summed E-state index contributed by atoms with van der Waals surface area (Å²) in [6.07, 6.45) is 5.40. The maximum atomic E-state index is 4.60. The first kappa shape index (κ1) is 14.5. The van der Waals surface area contributed by atoms with Crippen LogP contribution in [0.3, 0.4) is 0 Å². The first-order valence-corrected chi connectivity index (χ1v) is 8.41. The van der Waals surface area contributed by atoms with E-state index in [1.165, 1.54) is 0 Å². The molecule has 0 bridgehead atoms. The standard InChI is InChI=1S/C19H14N4S/c1-2-5-14(6-3-1)17-9-8-16(12-21-17)22-19-23-18(13-24-19)15-7-4-10-20-11-15/h1-13H,(H,22,23). The Kier molecular flexibility index (Phi) is 4.00. The first-order chi connectivity index (χ1) is 11.9. The highest BCUT2D eigenvalue weighted by Crippen LogP contribution is 2.27. The van der Waals surface area contributed by atoms with Gasteiger partial charge in [-0.3, -0.25) is 9.97 Å². The van der Waals surface area contributed by atoms with Crippen molar-refractivity contribution in [1.29, 1.82) is 0 Å². The van der Waals surface area contributed by atoms with Crippen molar-refractivity contribution in [1.82, 2.24) is 15.0 Å². The SMILES string of the molecule is c1ccc(-c2ccc(Nc3nc(-c4cccnc4)cs3)cn2)cc1. The van der Waals surface area contributed by atoms with Crippen molar-refractivity contribution in [2.75, 3.05) is 5.32 Å². The molecule has 0 saturated carbocycles. The maximum Gasteiger partial charge on any atom is 0.187 e. The minimum absolute atomic E-state index is 0.836. The third-order valence-corrected chi connectivity index (χ3v) is 4.30. The number of hydrogen-bond donors (Lipinski definition) is 1. The lowest BCUT2D eigenvalue weighted by molar-refractivity contribution is 1.29. The van der Waals surface area contributed by atoms with Gasteiger partial charge in [0.2, 0.25) is 0 Å². The molecule has 0 aliphatic rings. The van der Waals surface area contributed by atoms with E-state index in [1.54, 1.807) is 17.5 Å². The van der Waals surface area contributed by atoms with Crippen LogP contribution in [0.2, 0.25) is 0 Å². The fourth-order valence-corrected chi connectivity index (χ4v) is 3.09. The van der Waals surface area contributed by atoms with Gasteiger partial charge in [0.1, 0.15) is 0 Å². The van der Waals surface area contributed by atoms with Crippen LogP contribution in [-0.4, -0.2) is 15.0 Å². The molecular weight excluding hydrogens is 316 g/mol. The van der Waals surface area contributed by atoms with Crippen LogP contribution in [0.4, 0.5) is 10.8 Å². The van der Waals surface area contributed by atoms with Crippen molar-refractivity contribution >= 4 is 22.2 Å². The summed E-state index contributed by atoms with van der Waals surface area (Å²) in [6.45, 7) is 0. The van der Waals surface area contributed by atoms with Gasteiger partial charge in [-0.1, -0.05) is 30.3 Å². The highest BCUT2D eigenvalue weighted by molar-refractivity contribution is 7.14. The Labute approximate surface area is 143 Å². The van der Waals surface area contributed by atoms with Crippen molar-refractivity contribution in [2.24, 2.45) is 0 Å². The second-order valence-corrected chi connectivity index (χ2v) is 6.06. The minimum atomic E-state index is 0.836. The van der Waals surface area contributed by atoms with E-state index in [9.17, 15) is 0 Å². The summed E-state index contributed by atoms with van der Waals surface area (Å²) in [4.78, 5) is 13.2. The summed E-state index contributed by atoms with van der Waals surface area (Å²) in [5.74, 6) is 0. The zero-order chi connectivity index (χ0) is 16.2. The number of nitrogens with zero attached hydrogens (tertiary/aromatic N) is 3.